The van der Waals surface area contributed by atoms with E-state index in [2.05, 4.69) is 5.32 Å². The number of para-hydroxylation sites is 1. The average molecular weight is 337 g/mol. The van der Waals surface area contributed by atoms with Crippen molar-refractivity contribution in [3.63, 3.8) is 0 Å². The molecule has 2 aromatic rings. The number of hydrogen-bond acceptors (Lipinski definition) is 4. The molecule has 5 heteroatoms. The zero-order valence-corrected chi connectivity index (χ0v) is 14.0. The maximum absolute atomic E-state index is 12.1. The third-order valence-electron chi connectivity index (χ3n) is 4.25. The van der Waals surface area contributed by atoms with Crippen LogP contribution in [0.5, 0.6) is 0 Å². The number of benzene rings is 2. The van der Waals surface area contributed by atoms with Gasteiger partial charge in [-0.1, -0.05) is 18.2 Å². The van der Waals surface area contributed by atoms with Crippen LogP contribution in [0, 0.1) is 0 Å². The molecule has 0 bridgehead atoms. The maximum atomic E-state index is 12.1. The Morgan fingerprint density at radius 3 is 2.60 bits per heavy atom. The van der Waals surface area contributed by atoms with Crippen LogP contribution in [0.1, 0.15) is 45.2 Å². The molecule has 1 aliphatic rings. The first-order chi connectivity index (χ1) is 12.0. The van der Waals surface area contributed by atoms with Crippen LogP contribution in [0.2, 0.25) is 0 Å². The average Bonchev–Trinajstić information content (AvgIpc) is 3.07. The summed E-state index contributed by atoms with van der Waals surface area (Å²) >= 11 is 0. The van der Waals surface area contributed by atoms with Gasteiger partial charge in [-0.05, 0) is 61.6 Å². The Kier molecular flexibility index (Phi) is 4.93. The Bertz CT molecular complexity index is 841. The summed E-state index contributed by atoms with van der Waals surface area (Å²) in [7, 11) is 0. The number of rotatable bonds is 5. The number of ether oxygens (including phenoxy) is 1. The molecule has 2 aromatic carbocycles. The molecule has 0 atom stereocenters. The van der Waals surface area contributed by atoms with Gasteiger partial charge in [0, 0.05) is 5.56 Å². The summed E-state index contributed by atoms with van der Waals surface area (Å²) in [5.41, 5.74) is 3.73. The van der Waals surface area contributed by atoms with E-state index in [1.165, 1.54) is 18.1 Å². The van der Waals surface area contributed by atoms with Gasteiger partial charge in [0.15, 0.2) is 12.4 Å². The van der Waals surface area contributed by atoms with Crippen LogP contribution < -0.4 is 5.32 Å². The van der Waals surface area contributed by atoms with E-state index in [4.69, 9.17) is 4.74 Å². The summed E-state index contributed by atoms with van der Waals surface area (Å²) in [6.45, 7) is 1.03. The number of esters is 1. The predicted molar refractivity (Wildman–Crippen MR) is 93.8 cm³/mol. The smallest absolute Gasteiger partial charge is 0.338 e. The molecule has 0 aromatic heterocycles. The van der Waals surface area contributed by atoms with Crippen molar-refractivity contribution in [2.45, 2.75) is 26.2 Å². The lowest BCUT2D eigenvalue weighted by molar-refractivity contribution is -0.119. The standard InChI is InChI=1S/C20H19NO4/c1-13(22)17-7-2-3-8-18(17)21-19(23)12-25-20(24)16-10-9-14-5-4-6-15(14)11-16/h2-3,7-11H,4-6,12H2,1H3,(H,21,23). The van der Waals surface area contributed by atoms with Crippen molar-refractivity contribution in [3.8, 4) is 0 Å². The van der Waals surface area contributed by atoms with Crippen LogP contribution in [0.25, 0.3) is 0 Å². The van der Waals surface area contributed by atoms with Gasteiger partial charge in [0.1, 0.15) is 0 Å². The van der Waals surface area contributed by atoms with Crippen LogP contribution in [0.4, 0.5) is 5.69 Å². The van der Waals surface area contributed by atoms with E-state index in [1.807, 2.05) is 12.1 Å². The normalized spacial score (nSPS) is 12.4. The molecule has 0 spiro atoms. The molecule has 0 aliphatic heterocycles. The summed E-state index contributed by atoms with van der Waals surface area (Å²) in [6, 6.07) is 12.2. The van der Waals surface area contributed by atoms with Crippen molar-refractivity contribution < 1.29 is 19.1 Å². The topological polar surface area (TPSA) is 72.5 Å². The Morgan fingerprint density at radius 2 is 1.80 bits per heavy atom. The van der Waals surface area contributed by atoms with E-state index in [1.54, 1.807) is 30.3 Å². The van der Waals surface area contributed by atoms with Crippen LogP contribution in [0.3, 0.4) is 0 Å². The fraction of sp³-hybridized carbons (Fsp3) is 0.250. The minimum absolute atomic E-state index is 0.147. The summed E-state index contributed by atoms with van der Waals surface area (Å²) in [5, 5.41) is 2.60. The highest BCUT2D eigenvalue weighted by Gasteiger charge is 2.16. The van der Waals surface area contributed by atoms with Crippen molar-refractivity contribution >= 4 is 23.3 Å². The zero-order valence-electron chi connectivity index (χ0n) is 14.0. The van der Waals surface area contributed by atoms with E-state index in [0.29, 0.717) is 16.8 Å². The Morgan fingerprint density at radius 1 is 1.04 bits per heavy atom. The SMILES string of the molecule is CC(=O)c1ccccc1NC(=O)COC(=O)c1ccc2c(c1)CCC2. The number of carbonyl (C=O) groups is 3. The van der Waals surface area contributed by atoms with E-state index < -0.39 is 18.5 Å². The van der Waals surface area contributed by atoms with Gasteiger partial charge in [-0.2, -0.15) is 0 Å². The number of Topliss-reactive ketones (excluding diaryl/α,β-unsaturated/α-hetero) is 1. The third kappa shape index (κ3) is 3.94. The van der Waals surface area contributed by atoms with Crippen molar-refractivity contribution in [3.05, 3.63) is 64.7 Å². The molecule has 0 saturated carbocycles. The summed E-state index contributed by atoms with van der Waals surface area (Å²) in [4.78, 5) is 35.7. The number of carbonyl (C=O) groups excluding carboxylic acids is 3. The highest BCUT2D eigenvalue weighted by Crippen LogP contribution is 2.23. The molecule has 3 rings (SSSR count). The van der Waals surface area contributed by atoms with Gasteiger partial charge >= 0.3 is 5.97 Å². The van der Waals surface area contributed by atoms with Gasteiger partial charge in [0.05, 0.1) is 11.3 Å². The fourth-order valence-electron chi connectivity index (χ4n) is 3.00. The van der Waals surface area contributed by atoms with Gasteiger partial charge in [-0.25, -0.2) is 4.79 Å². The largest absolute Gasteiger partial charge is 0.452 e. The summed E-state index contributed by atoms with van der Waals surface area (Å²) in [6.07, 6.45) is 3.12. The second-order valence-corrected chi connectivity index (χ2v) is 6.06. The molecule has 5 nitrogen and oxygen atoms in total. The first-order valence-electron chi connectivity index (χ1n) is 8.23. The minimum Gasteiger partial charge on any atom is -0.452 e. The molecule has 1 aliphatic carbocycles. The minimum atomic E-state index is -0.523. The molecule has 0 saturated heterocycles. The van der Waals surface area contributed by atoms with Crippen LogP contribution in [-0.2, 0) is 22.4 Å². The van der Waals surface area contributed by atoms with Crippen molar-refractivity contribution in [1.82, 2.24) is 0 Å². The van der Waals surface area contributed by atoms with Gasteiger partial charge in [0.2, 0.25) is 0 Å². The number of amides is 1. The quantitative estimate of drug-likeness (QED) is 0.672. The predicted octanol–water partition coefficient (Wildman–Crippen LogP) is 3.17. The van der Waals surface area contributed by atoms with Crippen LogP contribution >= 0.6 is 0 Å². The van der Waals surface area contributed by atoms with Crippen molar-refractivity contribution in [2.75, 3.05) is 11.9 Å². The number of aryl methyl sites for hydroxylation is 2. The number of fused-ring (bicyclic) bond motifs is 1. The van der Waals surface area contributed by atoms with Crippen LogP contribution in [-0.4, -0.2) is 24.3 Å². The first-order valence-corrected chi connectivity index (χ1v) is 8.23. The molecule has 128 valence electrons. The molecular formula is C20H19NO4. The molecule has 0 unspecified atom stereocenters. The highest BCUT2D eigenvalue weighted by molar-refractivity contribution is 6.04. The Labute approximate surface area is 146 Å². The van der Waals surface area contributed by atoms with Crippen molar-refractivity contribution in [1.29, 1.82) is 0 Å². The van der Waals surface area contributed by atoms with Crippen LogP contribution in [0.15, 0.2) is 42.5 Å². The number of ketones is 1. The monoisotopic (exact) mass is 337 g/mol. The molecule has 0 fully saturated rings. The first kappa shape index (κ1) is 16.9. The van der Waals surface area contributed by atoms with Gasteiger partial charge in [0.25, 0.3) is 5.91 Å². The van der Waals surface area contributed by atoms with E-state index in [0.717, 1.165) is 19.3 Å². The lowest BCUT2D eigenvalue weighted by Crippen LogP contribution is -2.22. The second-order valence-electron chi connectivity index (χ2n) is 6.06. The summed E-state index contributed by atoms with van der Waals surface area (Å²) in [5.74, 6) is -1.15. The van der Waals surface area contributed by atoms with E-state index in [9.17, 15) is 14.4 Å². The Balaban J connectivity index is 1.59. The Hall–Kier alpha value is -2.95. The molecule has 0 heterocycles. The van der Waals surface area contributed by atoms with E-state index >= 15 is 0 Å². The van der Waals surface area contributed by atoms with E-state index in [-0.39, 0.29) is 5.78 Å². The number of hydrogen-bond donors (Lipinski definition) is 1. The maximum Gasteiger partial charge on any atom is 0.338 e. The molecule has 0 radical (unpaired) electrons. The fourth-order valence-corrected chi connectivity index (χ4v) is 3.00. The second kappa shape index (κ2) is 7.30. The zero-order chi connectivity index (χ0) is 17.8. The molecule has 1 amide bonds. The lowest BCUT2D eigenvalue weighted by atomic mass is 10.1. The number of nitrogens with one attached hydrogen (secondary N) is 1. The van der Waals surface area contributed by atoms with Crippen molar-refractivity contribution in [2.24, 2.45) is 0 Å². The molecular weight excluding hydrogens is 318 g/mol. The van der Waals surface area contributed by atoms with Gasteiger partial charge in [-0.15, -0.1) is 0 Å². The highest BCUT2D eigenvalue weighted by atomic mass is 16.5. The lowest BCUT2D eigenvalue weighted by Gasteiger charge is -2.10. The molecule has 1 N–H and O–H groups in total. The summed E-state index contributed by atoms with van der Waals surface area (Å²) < 4.78 is 5.09. The van der Waals surface area contributed by atoms with Gasteiger partial charge < -0.3 is 10.1 Å². The molecule has 25 heavy (non-hydrogen) atoms. The number of anilines is 1. The van der Waals surface area contributed by atoms with Gasteiger partial charge in [-0.3, -0.25) is 9.59 Å². The third-order valence-corrected chi connectivity index (χ3v) is 4.25.